The summed E-state index contributed by atoms with van der Waals surface area (Å²) in [4.78, 5) is 4.02. The van der Waals surface area contributed by atoms with Crippen LogP contribution in [0.25, 0.3) is 0 Å². The Morgan fingerprint density at radius 3 is 2.62 bits per heavy atom. The lowest BCUT2D eigenvalue weighted by molar-refractivity contribution is 0.153. The summed E-state index contributed by atoms with van der Waals surface area (Å²) >= 11 is 5.96. The Balaban J connectivity index is 2.80. The minimum absolute atomic E-state index is 0.0500. The maximum atomic E-state index is 12.2. The average Bonchev–Trinajstić information content (AvgIpc) is 2.43. The van der Waals surface area contributed by atoms with Gasteiger partial charge in [-0.2, -0.15) is 0 Å². The molecule has 21 heavy (non-hydrogen) atoms. The SMILES string of the molecule is CNc1ncc(S(=O)(=O)NCC(C)(C)CCOC)cc1Cl. The number of halogens is 1. The van der Waals surface area contributed by atoms with Crippen molar-refractivity contribution in [3.63, 3.8) is 0 Å². The molecular formula is C13H22ClN3O3S. The van der Waals surface area contributed by atoms with Crippen molar-refractivity contribution in [3.05, 3.63) is 17.3 Å². The van der Waals surface area contributed by atoms with E-state index in [2.05, 4.69) is 15.0 Å². The van der Waals surface area contributed by atoms with Crippen LogP contribution in [0, 0.1) is 5.41 Å². The maximum Gasteiger partial charge on any atom is 0.242 e. The third-order valence-electron chi connectivity index (χ3n) is 3.09. The van der Waals surface area contributed by atoms with E-state index in [-0.39, 0.29) is 15.3 Å². The summed E-state index contributed by atoms with van der Waals surface area (Å²) < 4.78 is 32.1. The molecule has 1 aromatic rings. The van der Waals surface area contributed by atoms with Gasteiger partial charge in [0.05, 0.1) is 5.02 Å². The molecule has 0 spiro atoms. The van der Waals surface area contributed by atoms with Crippen molar-refractivity contribution in [1.29, 1.82) is 0 Å². The largest absolute Gasteiger partial charge is 0.385 e. The van der Waals surface area contributed by atoms with Crippen molar-refractivity contribution in [2.24, 2.45) is 5.41 Å². The van der Waals surface area contributed by atoms with Crippen molar-refractivity contribution >= 4 is 27.4 Å². The number of aromatic nitrogens is 1. The van der Waals surface area contributed by atoms with Gasteiger partial charge in [0.15, 0.2) is 0 Å². The number of sulfonamides is 1. The minimum Gasteiger partial charge on any atom is -0.385 e. The van der Waals surface area contributed by atoms with Gasteiger partial charge in [-0.05, 0) is 17.9 Å². The van der Waals surface area contributed by atoms with Crippen molar-refractivity contribution in [1.82, 2.24) is 9.71 Å². The number of ether oxygens (including phenoxy) is 1. The van der Waals surface area contributed by atoms with Gasteiger partial charge in [-0.1, -0.05) is 25.4 Å². The molecule has 0 saturated heterocycles. The fourth-order valence-electron chi connectivity index (χ4n) is 1.59. The predicted octanol–water partition coefficient (Wildman–Crippen LogP) is 2.12. The van der Waals surface area contributed by atoms with Crippen LogP contribution in [0.15, 0.2) is 17.2 Å². The number of anilines is 1. The first-order valence-electron chi connectivity index (χ1n) is 6.54. The van der Waals surface area contributed by atoms with Gasteiger partial charge in [-0.25, -0.2) is 18.1 Å². The van der Waals surface area contributed by atoms with Crippen LogP contribution in [-0.2, 0) is 14.8 Å². The first kappa shape index (κ1) is 18.2. The number of rotatable bonds is 8. The fourth-order valence-corrected chi connectivity index (χ4v) is 3.13. The zero-order valence-electron chi connectivity index (χ0n) is 12.7. The molecule has 0 amide bonds. The molecule has 0 atom stereocenters. The smallest absolute Gasteiger partial charge is 0.242 e. The Morgan fingerprint density at radius 2 is 2.10 bits per heavy atom. The van der Waals surface area contributed by atoms with Gasteiger partial charge in [0, 0.05) is 33.5 Å². The lowest BCUT2D eigenvalue weighted by atomic mass is 9.90. The topological polar surface area (TPSA) is 80.3 Å². The van der Waals surface area contributed by atoms with Crippen molar-refractivity contribution in [3.8, 4) is 0 Å². The second-order valence-corrected chi connectivity index (χ2v) is 7.66. The summed E-state index contributed by atoms with van der Waals surface area (Å²) in [5.74, 6) is 0.441. The molecule has 6 nitrogen and oxygen atoms in total. The first-order valence-corrected chi connectivity index (χ1v) is 8.40. The molecule has 0 aromatic carbocycles. The van der Waals surface area contributed by atoms with Crippen LogP contribution >= 0.6 is 11.6 Å². The van der Waals surface area contributed by atoms with Crippen LogP contribution in [0.4, 0.5) is 5.82 Å². The van der Waals surface area contributed by atoms with E-state index in [9.17, 15) is 8.42 Å². The molecular weight excluding hydrogens is 314 g/mol. The highest BCUT2D eigenvalue weighted by Gasteiger charge is 2.23. The van der Waals surface area contributed by atoms with Crippen molar-refractivity contribution < 1.29 is 13.2 Å². The maximum absolute atomic E-state index is 12.2. The van der Waals surface area contributed by atoms with Crippen LogP contribution in [-0.4, -0.2) is 40.7 Å². The number of hydrogen-bond donors (Lipinski definition) is 2. The van der Waals surface area contributed by atoms with E-state index >= 15 is 0 Å². The van der Waals surface area contributed by atoms with Crippen molar-refractivity contribution in [2.45, 2.75) is 25.2 Å². The molecule has 8 heteroatoms. The number of nitrogens with one attached hydrogen (secondary N) is 2. The summed E-state index contributed by atoms with van der Waals surface area (Å²) in [6, 6.07) is 1.38. The Morgan fingerprint density at radius 1 is 1.43 bits per heavy atom. The molecule has 0 aliphatic rings. The Kier molecular flexibility index (Phi) is 6.40. The van der Waals surface area contributed by atoms with E-state index in [0.29, 0.717) is 19.0 Å². The van der Waals surface area contributed by atoms with Crippen LogP contribution in [0.5, 0.6) is 0 Å². The number of hydrogen-bond acceptors (Lipinski definition) is 5. The van der Waals surface area contributed by atoms with Crippen LogP contribution in [0.1, 0.15) is 20.3 Å². The molecule has 2 N–H and O–H groups in total. The third-order valence-corrected chi connectivity index (χ3v) is 4.74. The molecule has 0 radical (unpaired) electrons. The lowest BCUT2D eigenvalue weighted by Crippen LogP contribution is -2.34. The Bertz CT molecular complexity index is 576. The van der Waals surface area contributed by atoms with Gasteiger partial charge >= 0.3 is 0 Å². The van der Waals surface area contributed by atoms with Gasteiger partial charge in [0.25, 0.3) is 0 Å². The van der Waals surface area contributed by atoms with Gasteiger partial charge in [-0.15, -0.1) is 0 Å². The monoisotopic (exact) mass is 335 g/mol. The zero-order valence-corrected chi connectivity index (χ0v) is 14.3. The Hall–Kier alpha value is -0.890. The predicted molar refractivity (Wildman–Crippen MR) is 84.3 cm³/mol. The molecule has 1 heterocycles. The summed E-state index contributed by atoms with van der Waals surface area (Å²) in [5, 5.41) is 3.04. The zero-order chi connectivity index (χ0) is 16.1. The van der Waals surface area contributed by atoms with E-state index < -0.39 is 10.0 Å². The second-order valence-electron chi connectivity index (χ2n) is 5.48. The molecule has 0 bridgehead atoms. The Labute approximate surface area is 131 Å². The van der Waals surface area contributed by atoms with Gasteiger partial charge in [0.2, 0.25) is 10.0 Å². The third kappa shape index (κ3) is 5.43. The first-order chi connectivity index (χ1) is 9.72. The molecule has 1 aromatic heterocycles. The molecule has 1 rings (SSSR count). The van der Waals surface area contributed by atoms with Gasteiger partial charge in [-0.3, -0.25) is 0 Å². The molecule has 0 aliphatic carbocycles. The van der Waals surface area contributed by atoms with Gasteiger partial charge in [0.1, 0.15) is 10.7 Å². The van der Waals surface area contributed by atoms with Crippen LogP contribution < -0.4 is 10.0 Å². The fraction of sp³-hybridized carbons (Fsp3) is 0.615. The number of nitrogens with zero attached hydrogens (tertiary/aromatic N) is 1. The molecule has 0 fully saturated rings. The second kappa shape index (κ2) is 7.40. The van der Waals surface area contributed by atoms with Crippen molar-refractivity contribution in [2.75, 3.05) is 32.6 Å². The van der Waals surface area contributed by atoms with E-state index in [4.69, 9.17) is 16.3 Å². The van der Waals surface area contributed by atoms with E-state index in [1.807, 2.05) is 13.8 Å². The normalized spacial score (nSPS) is 12.4. The minimum atomic E-state index is -3.63. The van der Waals surface area contributed by atoms with E-state index in [1.54, 1.807) is 14.2 Å². The summed E-state index contributed by atoms with van der Waals surface area (Å²) in [6.07, 6.45) is 2.03. The molecule has 0 unspecified atom stereocenters. The molecule has 0 saturated carbocycles. The molecule has 0 aliphatic heterocycles. The van der Waals surface area contributed by atoms with E-state index in [1.165, 1.54) is 12.3 Å². The quantitative estimate of drug-likeness (QED) is 0.760. The van der Waals surface area contributed by atoms with E-state index in [0.717, 1.165) is 6.42 Å². The standard InChI is InChI=1S/C13H22ClN3O3S/c1-13(2,5-6-20-4)9-17-21(18,19)10-7-11(14)12(15-3)16-8-10/h7-8,17H,5-6,9H2,1-4H3,(H,15,16). The summed E-state index contributed by atoms with van der Waals surface area (Å²) in [5.41, 5.74) is -0.203. The summed E-state index contributed by atoms with van der Waals surface area (Å²) in [7, 11) is -0.344. The molecule has 120 valence electrons. The summed E-state index contributed by atoms with van der Waals surface area (Å²) in [6.45, 7) is 4.84. The highest BCUT2D eigenvalue weighted by atomic mass is 35.5. The van der Waals surface area contributed by atoms with Crippen LogP contribution in [0.3, 0.4) is 0 Å². The number of methoxy groups -OCH3 is 1. The highest BCUT2D eigenvalue weighted by Crippen LogP contribution is 2.23. The average molecular weight is 336 g/mol. The lowest BCUT2D eigenvalue weighted by Gasteiger charge is -2.24. The van der Waals surface area contributed by atoms with Gasteiger partial charge < -0.3 is 10.1 Å². The number of pyridine rings is 1. The highest BCUT2D eigenvalue weighted by molar-refractivity contribution is 7.89. The van der Waals surface area contributed by atoms with Crippen LogP contribution in [0.2, 0.25) is 5.02 Å².